The molecular weight excluding hydrogens is 316 g/mol. The first-order chi connectivity index (χ1) is 12.0. The summed E-state index contributed by atoms with van der Waals surface area (Å²) in [5.74, 6) is 0.940. The normalized spacial score (nSPS) is 28.3. The van der Waals surface area contributed by atoms with Crippen molar-refractivity contribution in [1.82, 2.24) is 19.7 Å². The highest BCUT2D eigenvalue weighted by atomic mass is 16.2. The molecule has 3 atom stereocenters. The SMILES string of the molecule is CN(C)Cc1ccc2n(c1=O)C[C@H]1C[C@@H]2CN(C(=O)[C@H]2CCCN2)C1. The van der Waals surface area contributed by atoms with Gasteiger partial charge in [0, 0.05) is 43.4 Å². The number of fused-ring (bicyclic) bond motifs is 4. The molecule has 0 spiro atoms. The number of nitrogens with zero attached hydrogens (tertiary/aromatic N) is 3. The van der Waals surface area contributed by atoms with Crippen LogP contribution in [0.25, 0.3) is 0 Å². The first-order valence-electron chi connectivity index (χ1n) is 9.42. The summed E-state index contributed by atoms with van der Waals surface area (Å²) in [5.41, 5.74) is 2.12. The van der Waals surface area contributed by atoms with Crippen LogP contribution in [0.15, 0.2) is 16.9 Å². The molecule has 6 nitrogen and oxygen atoms in total. The molecule has 1 N–H and O–H groups in total. The molecule has 2 fully saturated rings. The molecule has 4 rings (SSSR count). The van der Waals surface area contributed by atoms with Gasteiger partial charge in [0.2, 0.25) is 5.91 Å². The Balaban J connectivity index is 1.58. The van der Waals surface area contributed by atoms with Crippen LogP contribution in [0.5, 0.6) is 0 Å². The van der Waals surface area contributed by atoms with Gasteiger partial charge in [-0.3, -0.25) is 9.59 Å². The smallest absolute Gasteiger partial charge is 0.255 e. The summed E-state index contributed by atoms with van der Waals surface area (Å²) in [7, 11) is 3.97. The van der Waals surface area contributed by atoms with Crippen LogP contribution in [0.4, 0.5) is 0 Å². The van der Waals surface area contributed by atoms with E-state index in [1.165, 1.54) is 0 Å². The van der Waals surface area contributed by atoms with Gasteiger partial charge < -0.3 is 19.7 Å². The molecule has 0 aromatic carbocycles. The number of aromatic nitrogens is 1. The zero-order chi connectivity index (χ0) is 17.6. The van der Waals surface area contributed by atoms with Crippen LogP contribution in [0.1, 0.15) is 36.4 Å². The highest BCUT2D eigenvalue weighted by Crippen LogP contribution is 2.35. The fourth-order valence-corrected chi connectivity index (χ4v) is 4.75. The Morgan fingerprint density at radius 2 is 2.12 bits per heavy atom. The van der Waals surface area contributed by atoms with Crippen LogP contribution in [0, 0.1) is 5.92 Å². The number of hydrogen-bond acceptors (Lipinski definition) is 4. The highest BCUT2D eigenvalue weighted by molar-refractivity contribution is 5.82. The molecule has 0 unspecified atom stereocenters. The number of piperidine rings is 1. The summed E-state index contributed by atoms with van der Waals surface area (Å²) in [6, 6.07) is 4.10. The van der Waals surface area contributed by atoms with Crippen LogP contribution in [0.3, 0.4) is 0 Å². The Morgan fingerprint density at radius 3 is 2.84 bits per heavy atom. The van der Waals surface area contributed by atoms with Crippen molar-refractivity contribution < 1.29 is 4.79 Å². The lowest BCUT2D eigenvalue weighted by atomic mass is 9.82. The maximum atomic E-state index is 12.9. The quantitative estimate of drug-likeness (QED) is 0.873. The third kappa shape index (κ3) is 3.13. The zero-order valence-electron chi connectivity index (χ0n) is 15.2. The van der Waals surface area contributed by atoms with Crippen molar-refractivity contribution in [2.24, 2.45) is 5.92 Å². The molecule has 25 heavy (non-hydrogen) atoms. The number of hydrogen-bond donors (Lipinski definition) is 1. The first kappa shape index (κ1) is 16.8. The van der Waals surface area contributed by atoms with Gasteiger partial charge >= 0.3 is 0 Å². The number of pyridine rings is 1. The van der Waals surface area contributed by atoms with E-state index in [4.69, 9.17) is 0 Å². The van der Waals surface area contributed by atoms with E-state index < -0.39 is 0 Å². The van der Waals surface area contributed by atoms with Crippen molar-refractivity contribution in [1.29, 1.82) is 0 Å². The number of nitrogens with one attached hydrogen (secondary N) is 1. The predicted molar refractivity (Wildman–Crippen MR) is 96.5 cm³/mol. The van der Waals surface area contributed by atoms with Crippen molar-refractivity contribution in [3.05, 3.63) is 33.7 Å². The maximum absolute atomic E-state index is 12.9. The minimum atomic E-state index is 0.00323. The lowest BCUT2D eigenvalue weighted by Crippen LogP contribution is -2.53. The van der Waals surface area contributed by atoms with Gasteiger partial charge in [0.25, 0.3) is 5.56 Å². The first-order valence-corrected chi connectivity index (χ1v) is 9.42. The van der Waals surface area contributed by atoms with Gasteiger partial charge in [0.05, 0.1) is 6.04 Å². The second-order valence-corrected chi connectivity index (χ2v) is 8.13. The second kappa shape index (κ2) is 6.57. The molecule has 136 valence electrons. The van der Waals surface area contributed by atoms with Gasteiger partial charge in [-0.05, 0) is 51.9 Å². The highest BCUT2D eigenvalue weighted by Gasteiger charge is 2.38. The molecule has 2 saturated heterocycles. The van der Waals surface area contributed by atoms with Gasteiger partial charge in [-0.2, -0.15) is 0 Å². The van der Waals surface area contributed by atoms with E-state index in [1.807, 2.05) is 34.5 Å². The lowest BCUT2D eigenvalue weighted by molar-refractivity contribution is -0.135. The minimum Gasteiger partial charge on any atom is -0.340 e. The molecule has 3 aliphatic heterocycles. The van der Waals surface area contributed by atoms with Crippen LogP contribution >= 0.6 is 0 Å². The van der Waals surface area contributed by atoms with E-state index in [9.17, 15) is 9.59 Å². The van der Waals surface area contributed by atoms with Gasteiger partial charge in [-0.1, -0.05) is 6.07 Å². The summed E-state index contributed by atoms with van der Waals surface area (Å²) in [6.45, 7) is 3.90. The van der Waals surface area contributed by atoms with Gasteiger partial charge in [-0.25, -0.2) is 0 Å². The molecule has 6 heteroatoms. The van der Waals surface area contributed by atoms with E-state index in [0.717, 1.165) is 56.7 Å². The van der Waals surface area contributed by atoms with Crippen LogP contribution in [0.2, 0.25) is 0 Å². The molecule has 3 aliphatic rings. The average Bonchev–Trinajstić information content (AvgIpc) is 3.11. The Kier molecular flexibility index (Phi) is 4.41. The largest absolute Gasteiger partial charge is 0.340 e. The van der Waals surface area contributed by atoms with Gasteiger partial charge in [-0.15, -0.1) is 0 Å². The van der Waals surface area contributed by atoms with Crippen molar-refractivity contribution in [2.75, 3.05) is 33.7 Å². The summed E-state index contributed by atoms with van der Waals surface area (Å²) in [6.07, 6.45) is 3.13. The Bertz CT molecular complexity index is 721. The van der Waals surface area contributed by atoms with Crippen LogP contribution in [-0.2, 0) is 17.9 Å². The summed E-state index contributed by atoms with van der Waals surface area (Å²) in [5, 5.41) is 3.32. The molecule has 2 bridgehead atoms. The minimum absolute atomic E-state index is 0.00323. The topological polar surface area (TPSA) is 57.6 Å². The number of carbonyl (C=O) groups excluding carboxylic acids is 1. The fourth-order valence-electron chi connectivity index (χ4n) is 4.75. The zero-order valence-corrected chi connectivity index (χ0v) is 15.2. The number of rotatable bonds is 3. The Hall–Kier alpha value is -1.66. The number of carbonyl (C=O) groups is 1. The second-order valence-electron chi connectivity index (χ2n) is 8.13. The van der Waals surface area contributed by atoms with Gasteiger partial charge in [0.1, 0.15) is 0 Å². The van der Waals surface area contributed by atoms with E-state index in [1.54, 1.807) is 0 Å². The van der Waals surface area contributed by atoms with E-state index in [2.05, 4.69) is 11.4 Å². The maximum Gasteiger partial charge on any atom is 0.255 e. The Morgan fingerprint density at radius 1 is 1.28 bits per heavy atom. The molecule has 4 heterocycles. The summed E-state index contributed by atoms with van der Waals surface area (Å²) < 4.78 is 1.98. The van der Waals surface area contributed by atoms with Gasteiger partial charge in [0.15, 0.2) is 0 Å². The molecule has 1 amide bonds. The third-order valence-electron chi connectivity index (χ3n) is 5.84. The summed E-state index contributed by atoms with van der Waals surface area (Å²) >= 11 is 0. The molecule has 0 saturated carbocycles. The van der Waals surface area contributed by atoms with Crippen LogP contribution in [-0.4, -0.2) is 60.0 Å². The Labute approximate surface area is 148 Å². The molecule has 1 aromatic rings. The van der Waals surface area contributed by atoms with E-state index in [0.29, 0.717) is 18.4 Å². The standard InChI is InChI=1S/C19H28N4O2/c1-21(2)11-14-5-6-17-15-8-13(10-23(17)18(14)24)9-22(12-15)19(25)16-4-3-7-20-16/h5-6,13,15-16,20H,3-4,7-12H2,1-2H3/t13-,15+,16+/m0/s1. The fraction of sp³-hybridized carbons (Fsp3) is 0.684. The molecule has 0 aliphatic carbocycles. The summed E-state index contributed by atoms with van der Waals surface area (Å²) in [4.78, 5) is 29.7. The predicted octanol–water partition coefficient (Wildman–Crippen LogP) is 0.608. The average molecular weight is 344 g/mol. The van der Waals surface area contributed by atoms with Crippen molar-refractivity contribution in [3.63, 3.8) is 0 Å². The van der Waals surface area contributed by atoms with E-state index >= 15 is 0 Å². The number of likely N-dealkylation sites (tertiary alicyclic amines) is 1. The third-order valence-corrected chi connectivity index (χ3v) is 5.84. The van der Waals surface area contributed by atoms with E-state index in [-0.39, 0.29) is 17.5 Å². The van der Waals surface area contributed by atoms with Crippen molar-refractivity contribution in [3.8, 4) is 0 Å². The van der Waals surface area contributed by atoms with Crippen LogP contribution < -0.4 is 10.9 Å². The molecular formula is C19H28N4O2. The molecule has 0 radical (unpaired) electrons. The lowest BCUT2D eigenvalue weighted by Gasteiger charge is -2.43. The number of amides is 1. The monoisotopic (exact) mass is 344 g/mol. The van der Waals surface area contributed by atoms with Crippen molar-refractivity contribution >= 4 is 5.91 Å². The molecule has 1 aromatic heterocycles. The van der Waals surface area contributed by atoms with Crippen molar-refractivity contribution in [2.45, 2.75) is 44.3 Å².